The summed E-state index contributed by atoms with van der Waals surface area (Å²) in [6.07, 6.45) is 2.09. The second kappa shape index (κ2) is 7.64. The van der Waals surface area contributed by atoms with Crippen molar-refractivity contribution < 1.29 is 14.5 Å². The summed E-state index contributed by atoms with van der Waals surface area (Å²) >= 11 is 1.18. The van der Waals surface area contributed by atoms with E-state index in [2.05, 4.69) is 10.3 Å². The molecule has 1 saturated heterocycles. The Hall–Kier alpha value is -2.29. The first-order valence-corrected chi connectivity index (χ1v) is 7.79. The highest BCUT2D eigenvalue weighted by Crippen LogP contribution is 2.20. The number of nitrogen functional groups attached to an aromatic ring is 1. The maximum Gasteiger partial charge on any atom is 0.289 e. The van der Waals surface area contributed by atoms with E-state index in [1.165, 1.54) is 17.8 Å². The van der Waals surface area contributed by atoms with Crippen LogP contribution in [-0.4, -0.2) is 30.9 Å². The number of nitriles is 2. The first-order chi connectivity index (χ1) is 10.6. The number of pyridine rings is 1. The molecule has 2 rings (SSSR count). The number of anilines is 1. The summed E-state index contributed by atoms with van der Waals surface area (Å²) < 4.78 is 5.43. The Morgan fingerprint density at radius 3 is 2.91 bits per heavy atom. The summed E-state index contributed by atoms with van der Waals surface area (Å²) in [5.41, 5.74) is 6.19. The van der Waals surface area contributed by atoms with Crippen molar-refractivity contribution in [2.75, 3.05) is 24.6 Å². The van der Waals surface area contributed by atoms with E-state index in [9.17, 15) is 4.79 Å². The molecule has 114 valence electrons. The summed E-state index contributed by atoms with van der Waals surface area (Å²) in [4.78, 5) is 14.6. The zero-order valence-electron chi connectivity index (χ0n) is 11.9. The van der Waals surface area contributed by atoms with Crippen molar-refractivity contribution in [3.63, 3.8) is 0 Å². The normalized spacial score (nSPS) is 16.7. The van der Waals surface area contributed by atoms with E-state index in [1.807, 2.05) is 12.1 Å². The largest absolute Gasteiger partial charge is 0.376 e. The van der Waals surface area contributed by atoms with Crippen molar-refractivity contribution in [1.29, 1.82) is 10.5 Å². The molecule has 0 bridgehead atoms. The highest BCUT2D eigenvalue weighted by atomic mass is 32.2. The van der Waals surface area contributed by atoms with Gasteiger partial charge in [-0.3, -0.25) is 10.5 Å². The summed E-state index contributed by atoms with van der Waals surface area (Å²) in [7, 11) is 0. The van der Waals surface area contributed by atoms with E-state index in [0.29, 0.717) is 17.1 Å². The van der Waals surface area contributed by atoms with Gasteiger partial charge in [-0.05, 0) is 18.9 Å². The van der Waals surface area contributed by atoms with Crippen molar-refractivity contribution in [1.82, 2.24) is 5.32 Å². The number of ether oxygens (including phenoxy) is 1. The summed E-state index contributed by atoms with van der Waals surface area (Å²) in [5, 5.41) is 21.3. The van der Waals surface area contributed by atoms with Gasteiger partial charge in [0.25, 0.3) is 5.82 Å². The van der Waals surface area contributed by atoms with Crippen LogP contribution >= 0.6 is 11.8 Å². The standard InChI is InChI=1S/C14H15N5O2S/c15-5-9-4-10(6-16)14(19-13(9)17)22-8-12(20)18-7-11-2-1-3-21-11/h4,11H,1-3,7-8H2,(H2,17,19)(H,18,20)/p+1/t11-/m1/s1. The van der Waals surface area contributed by atoms with Crippen molar-refractivity contribution in [3.8, 4) is 12.1 Å². The number of carbonyl (C=O) groups excluding carboxylic acids is 1. The number of nitrogens with one attached hydrogen (secondary N) is 2. The first kappa shape index (κ1) is 16.1. The van der Waals surface area contributed by atoms with Gasteiger partial charge in [0.2, 0.25) is 5.91 Å². The van der Waals surface area contributed by atoms with Crippen molar-refractivity contribution >= 4 is 23.5 Å². The molecule has 22 heavy (non-hydrogen) atoms. The number of aromatic nitrogens is 1. The Kier molecular flexibility index (Phi) is 5.59. The Labute approximate surface area is 132 Å². The van der Waals surface area contributed by atoms with Crippen LogP contribution in [0.2, 0.25) is 0 Å². The number of aromatic amines is 1. The molecule has 0 aromatic carbocycles. The topological polar surface area (TPSA) is 126 Å². The number of rotatable bonds is 5. The molecule has 4 N–H and O–H groups in total. The third-order valence-electron chi connectivity index (χ3n) is 3.21. The molecule has 0 saturated carbocycles. The number of H-pyrrole nitrogens is 1. The van der Waals surface area contributed by atoms with Crippen LogP contribution < -0.4 is 16.0 Å². The van der Waals surface area contributed by atoms with Gasteiger partial charge in [-0.25, -0.2) is 4.98 Å². The molecule has 7 nitrogen and oxygen atoms in total. The lowest BCUT2D eigenvalue weighted by atomic mass is 10.2. The number of carbonyl (C=O) groups is 1. The van der Waals surface area contributed by atoms with Gasteiger partial charge >= 0.3 is 0 Å². The summed E-state index contributed by atoms with van der Waals surface area (Å²) in [5.74, 6) is 0.202. The molecule has 1 aromatic rings. The van der Waals surface area contributed by atoms with Crippen LogP contribution in [-0.2, 0) is 9.53 Å². The quantitative estimate of drug-likeness (QED) is 0.748. The van der Waals surface area contributed by atoms with E-state index >= 15 is 0 Å². The predicted molar refractivity (Wildman–Crippen MR) is 79.5 cm³/mol. The van der Waals surface area contributed by atoms with E-state index in [4.69, 9.17) is 21.0 Å². The minimum Gasteiger partial charge on any atom is -0.376 e. The van der Waals surface area contributed by atoms with Crippen LogP contribution in [0.25, 0.3) is 0 Å². The number of thioether (sulfide) groups is 1. The first-order valence-electron chi connectivity index (χ1n) is 6.81. The van der Waals surface area contributed by atoms with Crippen molar-refractivity contribution in [2.45, 2.75) is 24.0 Å². The summed E-state index contributed by atoms with van der Waals surface area (Å²) in [6, 6.07) is 5.31. The zero-order valence-corrected chi connectivity index (χ0v) is 12.7. The molecular weight excluding hydrogens is 302 g/mol. The molecule has 0 radical (unpaired) electrons. The van der Waals surface area contributed by atoms with Crippen LogP contribution in [0.1, 0.15) is 24.0 Å². The number of nitrogens with zero attached hydrogens (tertiary/aromatic N) is 2. The molecule has 0 spiro atoms. The fourth-order valence-electron chi connectivity index (χ4n) is 2.06. The average molecular weight is 318 g/mol. The molecule has 1 atom stereocenters. The smallest absolute Gasteiger partial charge is 0.289 e. The minimum absolute atomic E-state index is 0.0979. The van der Waals surface area contributed by atoms with Crippen LogP contribution in [0.3, 0.4) is 0 Å². The van der Waals surface area contributed by atoms with Crippen LogP contribution in [0.4, 0.5) is 5.82 Å². The van der Waals surface area contributed by atoms with Gasteiger partial charge in [0.05, 0.1) is 11.9 Å². The van der Waals surface area contributed by atoms with Gasteiger partial charge in [0.15, 0.2) is 5.03 Å². The Balaban J connectivity index is 1.90. The lowest BCUT2D eigenvalue weighted by molar-refractivity contribution is -0.410. The van der Waals surface area contributed by atoms with Gasteiger partial charge in [-0.2, -0.15) is 10.5 Å². The number of hydrogen-bond donors (Lipinski definition) is 2. The zero-order chi connectivity index (χ0) is 15.9. The molecule has 2 heterocycles. The van der Waals surface area contributed by atoms with Crippen LogP contribution in [0.15, 0.2) is 11.1 Å². The maximum absolute atomic E-state index is 11.8. The molecule has 1 aromatic heterocycles. The van der Waals surface area contributed by atoms with Crippen molar-refractivity contribution in [3.05, 3.63) is 17.2 Å². The number of hydrogen-bond acceptors (Lipinski definition) is 6. The monoisotopic (exact) mass is 318 g/mol. The lowest BCUT2D eigenvalue weighted by Crippen LogP contribution is -2.33. The van der Waals surface area contributed by atoms with E-state index in [0.717, 1.165) is 19.4 Å². The third-order valence-corrected chi connectivity index (χ3v) is 4.23. The van der Waals surface area contributed by atoms with Gasteiger partial charge in [0, 0.05) is 13.2 Å². The minimum atomic E-state index is -0.138. The molecule has 1 aliphatic rings. The molecular formula is C14H16N5O2S+. The predicted octanol–water partition coefficient (Wildman–Crippen LogP) is 0.214. The van der Waals surface area contributed by atoms with Gasteiger partial charge in [-0.1, -0.05) is 11.8 Å². The second-order valence-electron chi connectivity index (χ2n) is 4.79. The van der Waals surface area contributed by atoms with Gasteiger partial charge in [-0.15, -0.1) is 0 Å². The molecule has 1 aliphatic heterocycles. The second-order valence-corrected chi connectivity index (χ2v) is 5.78. The lowest BCUT2D eigenvalue weighted by Gasteiger charge is -2.10. The van der Waals surface area contributed by atoms with Crippen LogP contribution in [0, 0.1) is 22.7 Å². The summed E-state index contributed by atoms with van der Waals surface area (Å²) in [6.45, 7) is 1.25. The molecule has 1 amide bonds. The van der Waals surface area contributed by atoms with Crippen molar-refractivity contribution in [2.24, 2.45) is 0 Å². The molecule has 0 aliphatic carbocycles. The highest BCUT2D eigenvalue weighted by molar-refractivity contribution is 7.99. The number of amides is 1. The Morgan fingerprint density at radius 1 is 1.50 bits per heavy atom. The molecule has 1 fully saturated rings. The molecule has 0 unspecified atom stereocenters. The third kappa shape index (κ3) is 4.10. The van der Waals surface area contributed by atoms with E-state index in [-0.39, 0.29) is 29.1 Å². The van der Waals surface area contributed by atoms with Gasteiger partial charge < -0.3 is 10.1 Å². The van der Waals surface area contributed by atoms with E-state index < -0.39 is 0 Å². The average Bonchev–Trinajstić information content (AvgIpc) is 3.04. The fraction of sp³-hybridized carbons (Fsp3) is 0.429. The number of nitrogens with two attached hydrogens (primary N) is 1. The Morgan fingerprint density at radius 2 is 2.27 bits per heavy atom. The Bertz CT molecular complexity index is 644. The van der Waals surface area contributed by atoms with Gasteiger partial charge in [0.1, 0.15) is 23.3 Å². The van der Waals surface area contributed by atoms with E-state index in [1.54, 1.807) is 0 Å². The van der Waals surface area contributed by atoms with Crippen LogP contribution in [0.5, 0.6) is 0 Å². The fourth-order valence-corrected chi connectivity index (χ4v) is 2.88. The maximum atomic E-state index is 11.8. The highest BCUT2D eigenvalue weighted by Gasteiger charge is 2.18. The molecule has 8 heteroatoms. The SMILES string of the molecule is N#Cc1cc(C#N)c(SCC(=O)NC[C@H]2CCCO2)[nH+]c1N.